The number of carbonyl (C=O) groups is 1. The molecule has 0 atom stereocenters. The fourth-order valence-electron chi connectivity index (χ4n) is 6.20. The van der Waals surface area contributed by atoms with Gasteiger partial charge in [-0.25, -0.2) is 0 Å². The Kier molecular flexibility index (Phi) is 41.9. The molecule has 4 heteroatoms. The Morgan fingerprint density at radius 1 is 0.381 bits per heavy atom. The number of nitrogens with zero attached hydrogens (tertiary/aromatic N) is 1. The first-order valence-electron chi connectivity index (χ1n) is 19.1. The third-order valence-corrected chi connectivity index (χ3v) is 9.01. The van der Waals surface area contributed by atoms with Crippen molar-refractivity contribution in [3.05, 3.63) is 0 Å². The second-order valence-electron chi connectivity index (χ2n) is 13.2. The van der Waals surface area contributed by atoms with Gasteiger partial charge in [-0.05, 0) is 45.3 Å². The molecule has 246 valence electrons. The second-order valence-corrected chi connectivity index (χ2v) is 13.2. The number of carboxylic acid groups (broad SMARTS) is 1. The number of rotatable bonds is 36. The number of hydrogen-bond donors (Lipinski definition) is 0. The number of aliphatic carboxylic acids is 1. The molecule has 0 N–H and O–H groups in total. The van der Waals surface area contributed by atoms with Gasteiger partial charge in [0, 0.05) is 5.97 Å². The first kappa shape index (κ1) is 44.6. The largest absolute Gasteiger partial charge is 1.00 e. The van der Waals surface area contributed by atoms with Crippen LogP contribution < -0.4 is 34.7 Å². The average molecular weight is 602 g/mol. The van der Waals surface area contributed by atoms with E-state index < -0.39 is 5.97 Å². The van der Waals surface area contributed by atoms with Crippen LogP contribution in [0.15, 0.2) is 0 Å². The summed E-state index contributed by atoms with van der Waals surface area (Å²) < 4.78 is 0. The van der Waals surface area contributed by atoms with Crippen molar-refractivity contribution in [2.45, 2.75) is 219 Å². The molecule has 0 aromatic carbocycles. The van der Waals surface area contributed by atoms with Gasteiger partial charge in [-0.15, -0.1) is 0 Å². The molecule has 0 aliphatic heterocycles. The van der Waals surface area contributed by atoms with E-state index in [9.17, 15) is 9.90 Å². The molecular weight excluding hydrogens is 525 g/mol. The van der Waals surface area contributed by atoms with Crippen LogP contribution >= 0.6 is 0 Å². The SMILES string of the molecule is CCCCCCCCCCCCCCCCCN(CCCCCCCCCCCCCCCCC)CCCC(=O)[O-].[Na+]. The molecule has 0 saturated heterocycles. The van der Waals surface area contributed by atoms with Crippen LogP contribution in [-0.2, 0) is 4.79 Å². The van der Waals surface area contributed by atoms with E-state index in [1.54, 1.807) is 0 Å². The van der Waals surface area contributed by atoms with Crippen molar-refractivity contribution in [2.75, 3.05) is 19.6 Å². The molecule has 0 spiro atoms. The standard InChI is InChI=1S/C38H77NO2.Na/c1-3-5-7-9-11-13-15-17-19-21-23-25-27-29-31-35-39(37-33-34-38(40)41)36-32-30-28-26-24-22-20-18-16-14-12-10-8-6-4-2;/h3-37H2,1-2H3,(H,40,41);/q;+1/p-1. The van der Waals surface area contributed by atoms with Crippen molar-refractivity contribution < 1.29 is 39.5 Å². The van der Waals surface area contributed by atoms with E-state index in [1.807, 2.05) is 0 Å². The predicted molar refractivity (Wildman–Crippen MR) is 181 cm³/mol. The molecule has 0 bridgehead atoms. The quantitative estimate of drug-likeness (QED) is 0.0534. The van der Waals surface area contributed by atoms with E-state index in [-0.39, 0.29) is 36.0 Å². The number of hydrogen-bond acceptors (Lipinski definition) is 3. The summed E-state index contributed by atoms with van der Waals surface area (Å²) in [4.78, 5) is 13.4. The van der Waals surface area contributed by atoms with E-state index >= 15 is 0 Å². The van der Waals surface area contributed by atoms with E-state index in [0.717, 1.165) is 26.1 Å². The maximum atomic E-state index is 10.9. The van der Waals surface area contributed by atoms with Crippen molar-refractivity contribution in [3.63, 3.8) is 0 Å². The van der Waals surface area contributed by atoms with Crippen LogP contribution in [0.1, 0.15) is 219 Å². The van der Waals surface area contributed by atoms with Crippen molar-refractivity contribution in [1.82, 2.24) is 4.90 Å². The molecule has 0 unspecified atom stereocenters. The van der Waals surface area contributed by atoms with Crippen molar-refractivity contribution in [1.29, 1.82) is 0 Å². The summed E-state index contributed by atoms with van der Waals surface area (Å²) in [6.45, 7) is 7.79. The number of carbonyl (C=O) groups excluding carboxylic acids is 1. The summed E-state index contributed by atoms with van der Waals surface area (Å²) in [5.74, 6) is -0.899. The topological polar surface area (TPSA) is 43.4 Å². The minimum absolute atomic E-state index is 0. The van der Waals surface area contributed by atoms with E-state index in [1.165, 1.54) is 193 Å². The molecule has 42 heavy (non-hydrogen) atoms. The zero-order valence-corrected chi connectivity index (χ0v) is 31.5. The Morgan fingerprint density at radius 3 is 0.833 bits per heavy atom. The summed E-state index contributed by atoms with van der Waals surface area (Å²) in [6, 6.07) is 0. The van der Waals surface area contributed by atoms with Crippen molar-refractivity contribution >= 4 is 5.97 Å². The molecule has 0 heterocycles. The molecule has 0 saturated carbocycles. The molecule has 0 aromatic heterocycles. The minimum Gasteiger partial charge on any atom is -0.550 e. The normalized spacial score (nSPS) is 11.3. The van der Waals surface area contributed by atoms with Gasteiger partial charge in [0.05, 0.1) is 0 Å². The molecule has 0 radical (unpaired) electrons. The summed E-state index contributed by atoms with van der Waals surface area (Å²) >= 11 is 0. The number of unbranched alkanes of at least 4 members (excludes halogenated alkanes) is 28. The molecule has 3 nitrogen and oxygen atoms in total. The summed E-state index contributed by atoms with van der Waals surface area (Å²) in [5, 5.41) is 10.9. The van der Waals surface area contributed by atoms with Gasteiger partial charge in [0.25, 0.3) is 0 Å². The van der Waals surface area contributed by atoms with E-state index in [0.29, 0.717) is 0 Å². The van der Waals surface area contributed by atoms with Gasteiger partial charge in [-0.1, -0.05) is 194 Å². The van der Waals surface area contributed by atoms with Crippen LogP contribution in [-0.4, -0.2) is 30.5 Å². The smallest absolute Gasteiger partial charge is 0.550 e. The summed E-state index contributed by atoms with van der Waals surface area (Å²) in [6.07, 6.45) is 43.0. The van der Waals surface area contributed by atoms with Gasteiger partial charge in [0.1, 0.15) is 0 Å². The Bertz CT molecular complexity index is 467. The van der Waals surface area contributed by atoms with Crippen LogP contribution in [0.25, 0.3) is 0 Å². The summed E-state index contributed by atoms with van der Waals surface area (Å²) in [7, 11) is 0. The van der Waals surface area contributed by atoms with Gasteiger partial charge >= 0.3 is 29.6 Å². The van der Waals surface area contributed by atoms with Crippen molar-refractivity contribution in [2.24, 2.45) is 0 Å². The molecule has 0 rings (SSSR count). The van der Waals surface area contributed by atoms with Gasteiger partial charge in [0.2, 0.25) is 0 Å². The molecular formula is C38H76NNaO2. The maximum absolute atomic E-state index is 10.9. The zero-order chi connectivity index (χ0) is 29.9. The van der Waals surface area contributed by atoms with Gasteiger partial charge in [-0.2, -0.15) is 0 Å². The maximum Gasteiger partial charge on any atom is 1.00 e. The van der Waals surface area contributed by atoms with E-state index in [4.69, 9.17) is 0 Å². The monoisotopic (exact) mass is 602 g/mol. The van der Waals surface area contributed by atoms with Crippen LogP contribution in [0.4, 0.5) is 0 Å². The Balaban J connectivity index is 0. The van der Waals surface area contributed by atoms with Crippen molar-refractivity contribution in [3.8, 4) is 0 Å². The van der Waals surface area contributed by atoms with Gasteiger partial charge in [0.15, 0.2) is 0 Å². The fourth-order valence-corrected chi connectivity index (χ4v) is 6.20. The molecule has 0 aliphatic carbocycles. The Labute approximate surface area is 287 Å². The van der Waals surface area contributed by atoms with Crippen LogP contribution in [0, 0.1) is 0 Å². The molecule has 0 amide bonds. The predicted octanol–water partition coefficient (Wildman–Crippen LogP) is 8.57. The Morgan fingerprint density at radius 2 is 0.595 bits per heavy atom. The average Bonchev–Trinajstić information content (AvgIpc) is 2.96. The third-order valence-electron chi connectivity index (χ3n) is 9.01. The van der Waals surface area contributed by atoms with Crippen LogP contribution in [0.3, 0.4) is 0 Å². The third kappa shape index (κ3) is 38.5. The Hall–Kier alpha value is 0.430. The van der Waals surface area contributed by atoms with Gasteiger partial charge < -0.3 is 14.8 Å². The number of carboxylic acids is 1. The van der Waals surface area contributed by atoms with Crippen LogP contribution in [0.5, 0.6) is 0 Å². The molecule has 0 aliphatic rings. The molecule has 0 aromatic rings. The zero-order valence-electron chi connectivity index (χ0n) is 29.5. The first-order valence-corrected chi connectivity index (χ1v) is 19.1. The fraction of sp³-hybridized carbons (Fsp3) is 0.974. The second kappa shape index (κ2) is 39.5. The minimum atomic E-state index is -0.899. The van der Waals surface area contributed by atoms with Crippen LogP contribution in [0.2, 0.25) is 0 Å². The van der Waals surface area contributed by atoms with Gasteiger partial charge in [-0.3, -0.25) is 0 Å². The van der Waals surface area contributed by atoms with E-state index in [2.05, 4.69) is 18.7 Å². The molecule has 0 fully saturated rings. The first-order chi connectivity index (χ1) is 20.2. The summed E-state index contributed by atoms with van der Waals surface area (Å²) in [5.41, 5.74) is 0.